The van der Waals surface area contributed by atoms with Gasteiger partial charge in [-0.3, -0.25) is 0 Å². The zero-order chi connectivity index (χ0) is 12.5. The molecule has 0 saturated heterocycles. The summed E-state index contributed by atoms with van der Waals surface area (Å²) in [6.07, 6.45) is 1.12. The fraction of sp³-hybridized carbons (Fsp3) is 0.385. The summed E-state index contributed by atoms with van der Waals surface area (Å²) in [5, 5.41) is 5.19. The van der Waals surface area contributed by atoms with Crippen LogP contribution in [0.25, 0.3) is 0 Å². The van der Waals surface area contributed by atoms with Crippen LogP contribution in [0.2, 0.25) is 0 Å². The Labute approximate surface area is 111 Å². The van der Waals surface area contributed by atoms with Gasteiger partial charge in [-0.15, -0.1) is 11.3 Å². The van der Waals surface area contributed by atoms with Gasteiger partial charge in [0.1, 0.15) is 5.82 Å². The molecule has 0 fully saturated rings. The van der Waals surface area contributed by atoms with Crippen LogP contribution in [0.5, 0.6) is 0 Å². The van der Waals surface area contributed by atoms with E-state index in [-0.39, 0.29) is 0 Å². The van der Waals surface area contributed by atoms with Crippen molar-refractivity contribution >= 4 is 23.1 Å². The number of nitrogens with one attached hydrogen (secondary N) is 1. The Morgan fingerprint density at radius 3 is 3.11 bits per heavy atom. The fourth-order valence-corrected chi connectivity index (χ4v) is 3.16. The minimum Gasteiger partial charge on any atom is -0.357 e. The first kappa shape index (κ1) is 11.5. The topological polar surface area (TPSA) is 41.1 Å². The summed E-state index contributed by atoms with van der Waals surface area (Å²) in [7, 11) is 1.85. The van der Waals surface area contributed by atoms with E-state index in [4.69, 9.17) is 0 Å². The zero-order valence-corrected chi connectivity index (χ0v) is 11.4. The molecule has 18 heavy (non-hydrogen) atoms. The number of aromatic nitrogens is 2. The summed E-state index contributed by atoms with van der Waals surface area (Å²) in [6.45, 7) is 4.00. The van der Waals surface area contributed by atoms with Gasteiger partial charge in [0.25, 0.3) is 0 Å². The molecule has 2 aromatic rings. The Balaban J connectivity index is 1.90. The second-order valence-electron chi connectivity index (χ2n) is 4.48. The van der Waals surface area contributed by atoms with Crippen molar-refractivity contribution in [2.75, 3.05) is 23.8 Å². The maximum absolute atomic E-state index is 4.54. The van der Waals surface area contributed by atoms with Crippen LogP contribution >= 0.6 is 11.3 Å². The van der Waals surface area contributed by atoms with Crippen LogP contribution in [0, 0.1) is 6.92 Å². The van der Waals surface area contributed by atoms with Crippen molar-refractivity contribution in [1.29, 1.82) is 0 Å². The third-order valence-electron chi connectivity index (χ3n) is 3.20. The Bertz CT molecular complexity index is 564. The van der Waals surface area contributed by atoms with Crippen molar-refractivity contribution < 1.29 is 0 Å². The number of anilines is 2. The van der Waals surface area contributed by atoms with E-state index in [1.54, 1.807) is 0 Å². The first-order valence-corrected chi connectivity index (χ1v) is 6.98. The summed E-state index contributed by atoms with van der Waals surface area (Å²) in [5.41, 5.74) is 2.44. The van der Waals surface area contributed by atoms with Gasteiger partial charge in [-0.25, -0.2) is 4.98 Å². The van der Waals surface area contributed by atoms with Crippen molar-refractivity contribution in [2.24, 2.45) is 0 Å². The monoisotopic (exact) mass is 260 g/mol. The van der Waals surface area contributed by atoms with Gasteiger partial charge in [-0.05, 0) is 30.4 Å². The molecule has 0 atom stereocenters. The molecule has 0 spiro atoms. The van der Waals surface area contributed by atoms with Crippen molar-refractivity contribution in [2.45, 2.75) is 19.9 Å². The summed E-state index contributed by atoms with van der Waals surface area (Å²) < 4.78 is 0. The van der Waals surface area contributed by atoms with Crippen molar-refractivity contribution in [3.05, 3.63) is 33.6 Å². The number of hydrogen-bond acceptors (Lipinski definition) is 5. The maximum atomic E-state index is 4.54. The molecule has 5 heteroatoms. The minimum atomic E-state index is 0.695. The van der Waals surface area contributed by atoms with E-state index >= 15 is 0 Å². The van der Waals surface area contributed by atoms with Crippen LogP contribution in [0.1, 0.15) is 16.1 Å². The Kier molecular flexibility index (Phi) is 2.91. The Morgan fingerprint density at radius 1 is 1.39 bits per heavy atom. The molecule has 1 aliphatic rings. The molecule has 0 amide bonds. The first-order valence-electron chi connectivity index (χ1n) is 6.10. The van der Waals surface area contributed by atoms with Gasteiger partial charge in [0, 0.05) is 36.8 Å². The van der Waals surface area contributed by atoms with Crippen LogP contribution in [0.3, 0.4) is 0 Å². The predicted molar refractivity (Wildman–Crippen MR) is 75.4 cm³/mol. The molecule has 0 unspecified atom stereocenters. The largest absolute Gasteiger partial charge is 0.357 e. The lowest BCUT2D eigenvalue weighted by atomic mass is 10.1. The van der Waals surface area contributed by atoms with E-state index < -0.39 is 0 Å². The predicted octanol–water partition coefficient (Wildman–Crippen LogP) is 2.45. The van der Waals surface area contributed by atoms with Gasteiger partial charge in [-0.1, -0.05) is 0 Å². The molecule has 0 saturated carbocycles. The molecular weight excluding hydrogens is 244 g/mol. The molecule has 3 rings (SSSR count). The van der Waals surface area contributed by atoms with Crippen LogP contribution in [-0.4, -0.2) is 23.6 Å². The van der Waals surface area contributed by atoms with Gasteiger partial charge in [0.2, 0.25) is 5.95 Å². The average Bonchev–Trinajstić information content (AvgIpc) is 2.85. The van der Waals surface area contributed by atoms with E-state index in [0.29, 0.717) is 5.95 Å². The summed E-state index contributed by atoms with van der Waals surface area (Å²) in [4.78, 5) is 12.7. The minimum absolute atomic E-state index is 0.695. The average molecular weight is 260 g/mol. The second-order valence-corrected chi connectivity index (χ2v) is 5.48. The smallest absolute Gasteiger partial charge is 0.224 e. The highest BCUT2D eigenvalue weighted by atomic mass is 32.1. The molecule has 1 aliphatic heterocycles. The van der Waals surface area contributed by atoms with E-state index in [1.165, 1.54) is 10.4 Å². The Morgan fingerprint density at radius 2 is 2.28 bits per heavy atom. The second kappa shape index (κ2) is 4.57. The normalized spacial score (nSPS) is 14.4. The molecular formula is C13H16N4S. The number of rotatable bonds is 2. The molecule has 0 radical (unpaired) electrons. The van der Waals surface area contributed by atoms with Crippen molar-refractivity contribution in [1.82, 2.24) is 9.97 Å². The van der Waals surface area contributed by atoms with Crippen molar-refractivity contribution in [3.8, 4) is 0 Å². The van der Waals surface area contributed by atoms with Crippen LogP contribution in [0.4, 0.5) is 11.8 Å². The number of hydrogen-bond donors (Lipinski definition) is 1. The van der Waals surface area contributed by atoms with E-state index in [9.17, 15) is 0 Å². The highest BCUT2D eigenvalue weighted by Crippen LogP contribution is 2.27. The van der Waals surface area contributed by atoms with Gasteiger partial charge in [0.05, 0.1) is 0 Å². The zero-order valence-electron chi connectivity index (χ0n) is 10.6. The molecule has 0 bridgehead atoms. The highest BCUT2D eigenvalue weighted by Gasteiger charge is 2.19. The summed E-state index contributed by atoms with van der Waals surface area (Å²) in [5.74, 6) is 1.71. The molecule has 1 N–H and O–H groups in total. The molecule has 3 heterocycles. The van der Waals surface area contributed by atoms with E-state index in [2.05, 4.69) is 37.7 Å². The summed E-state index contributed by atoms with van der Waals surface area (Å²) in [6, 6.07) is 4.28. The molecule has 4 nitrogen and oxygen atoms in total. The molecule has 0 aliphatic carbocycles. The quantitative estimate of drug-likeness (QED) is 0.900. The SMILES string of the molecule is CNc1nc(C)cc(N2CCc3sccc3C2)n1. The summed E-state index contributed by atoms with van der Waals surface area (Å²) >= 11 is 1.86. The molecule has 94 valence electrons. The molecule has 2 aromatic heterocycles. The maximum Gasteiger partial charge on any atom is 0.224 e. The number of nitrogens with zero attached hydrogens (tertiary/aromatic N) is 3. The Hall–Kier alpha value is -1.62. The lowest BCUT2D eigenvalue weighted by molar-refractivity contribution is 0.730. The van der Waals surface area contributed by atoms with Gasteiger partial charge in [-0.2, -0.15) is 4.98 Å². The van der Waals surface area contributed by atoms with E-state index in [1.807, 2.05) is 25.3 Å². The lowest BCUT2D eigenvalue weighted by Crippen LogP contribution is -2.30. The molecule has 0 aromatic carbocycles. The lowest BCUT2D eigenvalue weighted by Gasteiger charge is -2.28. The number of aryl methyl sites for hydroxylation is 1. The number of thiophene rings is 1. The third-order valence-corrected chi connectivity index (χ3v) is 4.22. The van der Waals surface area contributed by atoms with Gasteiger partial charge < -0.3 is 10.2 Å². The van der Waals surface area contributed by atoms with Crippen LogP contribution < -0.4 is 10.2 Å². The van der Waals surface area contributed by atoms with Crippen LogP contribution in [-0.2, 0) is 13.0 Å². The standard InChI is InChI=1S/C13H16N4S/c1-9-7-12(16-13(14-2)15-9)17-5-3-11-10(8-17)4-6-18-11/h4,6-7H,3,5,8H2,1-2H3,(H,14,15,16). The van der Waals surface area contributed by atoms with E-state index in [0.717, 1.165) is 31.0 Å². The van der Waals surface area contributed by atoms with Gasteiger partial charge >= 0.3 is 0 Å². The number of fused-ring (bicyclic) bond motifs is 1. The van der Waals surface area contributed by atoms with Gasteiger partial charge in [0.15, 0.2) is 0 Å². The fourth-order valence-electron chi connectivity index (χ4n) is 2.27. The van der Waals surface area contributed by atoms with Crippen molar-refractivity contribution in [3.63, 3.8) is 0 Å². The van der Waals surface area contributed by atoms with Crippen LogP contribution in [0.15, 0.2) is 17.5 Å². The first-order chi connectivity index (χ1) is 8.76. The third kappa shape index (κ3) is 2.06. The highest BCUT2D eigenvalue weighted by molar-refractivity contribution is 7.10.